The Balaban J connectivity index is 1.21. The van der Waals surface area contributed by atoms with Gasteiger partial charge < -0.3 is 15.5 Å². The highest BCUT2D eigenvalue weighted by atomic mass is 32.2. The molecule has 12 heteroatoms. The zero-order chi connectivity index (χ0) is 29.3. The molecule has 3 heterocycles. The van der Waals surface area contributed by atoms with Crippen LogP contribution in [-0.2, 0) is 24.4 Å². The van der Waals surface area contributed by atoms with Gasteiger partial charge in [0, 0.05) is 23.4 Å². The topological polar surface area (TPSA) is 138 Å². The first kappa shape index (κ1) is 28.9. The van der Waals surface area contributed by atoms with Crippen molar-refractivity contribution >= 4 is 44.2 Å². The minimum Gasteiger partial charge on any atom is -0.350 e. The molecule has 10 nitrogen and oxygen atoms in total. The Kier molecular flexibility index (Phi) is 8.10. The van der Waals surface area contributed by atoms with Crippen LogP contribution < -0.4 is 15.4 Å². The Morgan fingerprint density at radius 1 is 1.05 bits per heavy atom. The maximum absolute atomic E-state index is 14.0. The summed E-state index contributed by atoms with van der Waals surface area (Å²) >= 11 is 1.45. The summed E-state index contributed by atoms with van der Waals surface area (Å²) in [6.45, 7) is 0.445. The highest BCUT2D eigenvalue weighted by Crippen LogP contribution is 2.46. The Morgan fingerprint density at radius 2 is 1.86 bits per heavy atom. The van der Waals surface area contributed by atoms with E-state index in [2.05, 4.69) is 15.4 Å². The summed E-state index contributed by atoms with van der Waals surface area (Å²) in [5.41, 5.74) is 0.518. The molecule has 4 aliphatic rings. The van der Waals surface area contributed by atoms with Crippen molar-refractivity contribution in [3.05, 3.63) is 47.9 Å². The van der Waals surface area contributed by atoms with Crippen LogP contribution in [0.3, 0.4) is 0 Å². The molecule has 0 radical (unpaired) electrons. The van der Waals surface area contributed by atoms with Crippen molar-refractivity contribution in [3.8, 4) is 11.3 Å². The van der Waals surface area contributed by atoms with E-state index in [4.69, 9.17) is 4.98 Å². The van der Waals surface area contributed by atoms with Crippen molar-refractivity contribution in [2.24, 2.45) is 5.92 Å². The third-order valence-electron chi connectivity index (χ3n) is 8.70. The number of nitrogens with one attached hydrogen (secondary N) is 3. The van der Waals surface area contributed by atoms with Gasteiger partial charge in [0.2, 0.25) is 21.8 Å². The summed E-state index contributed by atoms with van der Waals surface area (Å²) < 4.78 is 27.3. The zero-order valence-corrected chi connectivity index (χ0v) is 25.1. The lowest BCUT2D eigenvalue weighted by atomic mass is 10.1. The van der Waals surface area contributed by atoms with Gasteiger partial charge in [-0.25, -0.2) is 13.4 Å². The van der Waals surface area contributed by atoms with Crippen molar-refractivity contribution in [2.45, 2.75) is 87.1 Å². The van der Waals surface area contributed by atoms with E-state index < -0.39 is 44.7 Å². The van der Waals surface area contributed by atoms with E-state index in [-0.39, 0.29) is 11.8 Å². The second-order valence-corrected chi connectivity index (χ2v) is 14.6. The average Bonchev–Trinajstić information content (AvgIpc) is 3.84. The lowest BCUT2D eigenvalue weighted by Crippen LogP contribution is -2.57. The molecule has 2 saturated carbocycles. The van der Waals surface area contributed by atoms with Gasteiger partial charge in [0.25, 0.3) is 5.91 Å². The molecule has 2 aliphatic heterocycles. The Bertz CT molecular complexity index is 1470. The normalized spacial score (nSPS) is 29.3. The summed E-state index contributed by atoms with van der Waals surface area (Å²) in [5, 5.41) is 8.35. The zero-order valence-electron chi connectivity index (χ0n) is 23.5. The molecule has 6 rings (SSSR count). The molecule has 42 heavy (non-hydrogen) atoms. The minimum absolute atomic E-state index is 0.153. The Labute approximate surface area is 250 Å². The summed E-state index contributed by atoms with van der Waals surface area (Å²) in [4.78, 5) is 47.3. The number of carbonyl (C=O) groups is 3. The number of hydrogen-bond donors (Lipinski definition) is 3. The summed E-state index contributed by atoms with van der Waals surface area (Å²) in [6.07, 6.45) is 10.6. The molecule has 0 bridgehead atoms. The first-order valence-electron chi connectivity index (χ1n) is 14.9. The fourth-order valence-corrected chi connectivity index (χ4v) is 8.14. The van der Waals surface area contributed by atoms with Gasteiger partial charge in [-0.2, -0.15) is 0 Å². The van der Waals surface area contributed by atoms with Crippen LogP contribution in [0.4, 0.5) is 5.13 Å². The second kappa shape index (κ2) is 11.8. The molecule has 224 valence electrons. The molecule has 0 spiro atoms. The number of allylic oxidation sites excluding steroid dienone is 1. The van der Waals surface area contributed by atoms with Gasteiger partial charge in [-0.05, 0) is 51.4 Å². The van der Waals surface area contributed by atoms with Crippen LogP contribution in [0, 0.1) is 5.92 Å². The number of thiazole rings is 1. The van der Waals surface area contributed by atoms with Crippen LogP contribution in [0.2, 0.25) is 0 Å². The molecule has 4 atom stereocenters. The third kappa shape index (κ3) is 6.10. The van der Waals surface area contributed by atoms with Gasteiger partial charge in [0.15, 0.2) is 5.13 Å². The van der Waals surface area contributed by atoms with E-state index in [0.29, 0.717) is 50.2 Å². The maximum Gasteiger partial charge on any atom is 0.259 e. The number of carbonyl (C=O) groups excluding carboxylic acids is 3. The molecular formula is C30H37N5O5S2. The van der Waals surface area contributed by atoms with Crippen LogP contribution in [0.15, 0.2) is 47.9 Å². The quantitative estimate of drug-likeness (QED) is 0.425. The first-order chi connectivity index (χ1) is 20.3. The highest BCUT2D eigenvalue weighted by molar-refractivity contribution is 7.91. The highest BCUT2D eigenvalue weighted by Gasteiger charge is 2.61. The predicted molar refractivity (Wildman–Crippen MR) is 161 cm³/mol. The molecule has 2 aliphatic carbocycles. The van der Waals surface area contributed by atoms with Crippen LogP contribution in [0.25, 0.3) is 11.3 Å². The molecule has 1 aromatic carbocycles. The Morgan fingerprint density at radius 3 is 2.64 bits per heavy atom. The van der Waals surface area contributed by atoms with E-state index in [1.54, 1.807) is 4.90 Å². The predicted octanol–water partition coefficient (Wildman–Crippen LogP) is 3.59. The van der Waals surface area contributed by atoms with E-state index in [1.807, 2.05) is 47.9 Å². The number of benzene rings is 1. The number of fused-ring (bicyclic) bond motifs is 2. The van der Waals surface area contributed by atoms with Crippen molar-refractivity contribution in [1.82, 2.24) is 19.9 Å². The number of anilines is 1. The number of aromatic nitrogens is 1. The van der Waals surface area contributed by atoms with Crippen LogP contribution in [-0.4, -0.2) is 65.4 Å². The SMILES string of the molecule is O=C1N[C@]2(C(=O)NS(=O)(=O)C3CC3)C[C@H]2/C=C\CCCCC[C@H](Nc2nc(-c3ccccc3)cs2)C(=O)N2CCC[C@@H]12. The van der Waals surface area contributed by atoms with Gasteiger partial charge in [0.05, 0.1) is 10.9 Å². The second-order valence-electron chi connectivity index (χ2n) is 11.8. The van der Waals surface area contributed by atoms with Crippen molar-refractivity contribution in [1.29, 1.82) is 0 Å². The number of rotatable bonds is 6. The molecule has 1 aromatic heterocycles. The maximum atomic E-state index is 14.0. The van der Waals surface area contributed by atoms with Gasteiger partial charge in [-0.1, -0.05) is 55.3 Å². The minimum atomic E-state index is -3.76. The van der Waals surface area contributed by atoms with E-state index in [1.165, 1.54) is 11.3 Å². The van der Waals surface area contributed by atoms with E-state index in [0.717, 1.165) is 36.9 Å². The smallest absolute Gasteiger partial charge is 0.259 e. The average molecular weight is 612 g/mol. The summed E-state index contributed by atoms with van der Waals surface area (Å²) in [7, 11) is -3.76. The molecule has 1 saturated heterocycles. The number of sulfonamides is 1. The van der Waals surface area contributed by atoms with Crippen molar-refractivity contribution < 1.29 is 22.8 Å². The summed E-state index contributed by atoms with van der Waals surface area (Å²) in [6, 6.07) is 8.60. The Hall–Kier alpha value is -3.25. The molecule has 3 N–H and O–H groups in total. The van der Waals surface area contributed by atoms with E-state index in [9.17, 15) is 22.8 Å². The van der Waals surface area contributed by atoms with Crippen molar-refractivity contribution in [3.63, 3.8) is 0 Å². The molecule has 2 aromatic rings. The van der Waals surface area contributed by atoms with Crippen LogP contribution in [0.1, 0.15) is 64.2 Å². The fourth-order valence-electron chi connectivity index (χ4n) is 6.01. The number of hydrogen-bond acceptors (Lipinski definition) is 8. The molecule has 3 fully saturated rings. The third-order valence-corrected chi connectivity index (χ3v) is 11.3. The van der Waals surface area contributed by atoms with Crippen LogP contribution in [0.5, 0.6) is 0 Å². The standard InChI is InChI=1S/C30H37N5O5S2/c36-26-25-14-9-17-35(25)27(37)23(31-29-32-24(19-41-29)20-10-5-4-6-11-20)13-8-3-1-2-7-12-21-18-30(21,33-26)28(38)34-42(39,40)22-15-16-22/h4-7,10-12,19,21-23,25H,1-3,8-9,13-18H2,(H,31,32)(H,33,36)(H,34,38)/b12-7-/t21-,23+,25+,30-/m1/s1. The van der Waals surface area contributed by atoms with Gasteiger partial charge in [-0.3, -0.25) is 19.1 Å². The van der Waals surface area contributed by atoms with Crippen molar-refractivity contribution in [2.75, 3.05) is 11.9 Å². The van der Waals surface area contributed by atoms with Gasteiger partial charge in [0.1, 0.15) is 17.6 Å². The fraction of sp³-hybridized carbons (Fsp3) is 0.533. The monoisotopic (exact) mass is 611 g/mol. The molecule has 0 unspecified atom stereocenters. The lowest BCUT2D eigenvalue weighted by Gasteiger charge is -2.30. The first-order valence-corrected chi connectivity index (χ1v) is 17.3. The van der Waals surface area contributed by atoms with Crippen LogP contribution >= 0.6 is 11.3 Å². The largest absolute Gasteiger partial charge is 0.350 e. The number of amides is 3. The van der Waals surface area contributed by atoms with Gasteiger partial charge in [-0.15, -0.1) is 11.3 Å². The van der Waals surface area contributed by atoms with E-state index >= 15 is 0 Å². The summed E-state index contributed by atoms with van der Waals surface area (Å²) in [5.74, 6) is -1.54. The molecular weight excluding hydrogens is 574 g/mol. The lowest BCUT2D eigenvalue weighted by molar-refractivity contribution is -0.140. The molecule has 3 amide bonds. The number of nitrogens with zero attached hydrogens (tertiary/aromatic N) is 2. The van der Waals surface area contributed by atoms with Gasteiger partial charge >= 0.3 is 0 Å².